The van der Waals surface area contributed by atoms with Crippen LogP contribution in [0.5, 0.6) is 0 Å². The fourth-order valence-corrected chi connectivity index (χ4v) is 2.98. The number of hydrogen-bond acceptors (Lipinski definition) is 4. The summed E-state index contributed by atoms with van der Waals surface area (Å²) in [7, 11) is 0. The van der Waals surface area contributed by atoms with Gasteiger partial charge in [0.1, 0.15) is 0 Å². The molecule has 1 aliphatic rings. The van der Waals surface area contributed by atoms with Crippen LogP contribution >= 0.6 is 0 Å². The molecule has 1 fully saturated rings. The lowest BCUT2D eigenvalue weighted by Crippen LogP contribution is -2.14. The average Bonchev–Trinajstić information content (AvgIpc) is 3.22. The van der Waals surface area contributed by atoms with Crippen molar-refractivity contribution in [3.8, 4) is 0 Å². The fraction of sp³-hybridized carbons (Fsp3) is 0.333. The van der Waals surface area contributed by atoms with Crippen LogP contribution in [0.4, 0.5) is 5.69 Å². The third kappa shape index (κ3) is 3.31. The Morgan fingerprint density at radius 1 is 1.28 bits per heavy atom. The number of anilines is 1. The number of amides is 1. The Balaban J connectivity index is 1.48. The Bertz CT molecular complexity index is 878. The summed E-state index contributed by atoms with van der Waals surface area (Å²) < 4.78 is 3.69. The van der Waals surface area contributed by atoms with Gasteiger partial charge in [-0.1, -0.05) is 6.07 Å². The number of pyridine rings is 1. The molecule has 0 aromatic carbocycles. The second-order valence-corrected chi connectivity index (χ2v) is 6.24. The molecule has 1 N–H and O–H groups in total. The van der Waals surface area contributed by atoms with E-state index in [-0.39, 0.29) is 5.91 Å². The van der Waals surface area contributed by atoms with Gasteiger partial charge in [-0.3, -0.25) is 19.1 Å². The minimum absolute atomic E-state index is 0.126. The molecule has 0 atom stereocenters. The van der Waals surface area contributed by atoms with Gasteiger partial charge in [0, 0.05) is 24.9 Å². The van der Waals surface area contributed by atoms with E-state index in [0.717, 1.165) is 30.8 Å². The molecule has 1 aliphatic carbocycles. The lowest BCUT2D eigenvalue weighted by atomic mass is 10.1. The molecule has 1 amide bonds. The van der Waals surface area contributed by atoms with Crippen LogP contribution in [-0.2, 0) is 13.1 Å². The summed E-state index contributed by atoms with van der Waals surface area (Å²) in [5.41, 5.74) is 3.32. The number of carbonyl (C=O) groups is 1. The van der Waals surface area contributed by atoms with E-state index >= 15 is 0 Å². The van der Waals surface area contributed by atoms with E-state index in [9.17, 15) is 4.79 Å². The molecule has 25 heavy (non-hydrogen) atoms. The molecule has 0 unspecified atom stereocenters. The molecule has 7 nitrogen and oxygen atoms in total. The maximum atomic E-state index is 12.7. The third-order valence-electron chi connectivity index (χ3n) is 4.33. The van der Waals surface area contributed by atoms with E-state index in [0.29, 0.717) is 23.7 Å². The van der Waals surface area contributed by atoms with Gasteiger partial charge < -0.3 is 5.32 Å². The zero-order valence-corrected chi connectivity index (χ0v) is 14.1. The predicted octanol–water partition coefficient (Wildman–Crippen LogP) is 2.67. The van der Waals surface area contributed by atoms with Crippen LogP contribution in [0.2, 0.25) is 0 Å². The molecule has 0 bridgehead atoms. The zero-order chi connectivity index (χ0) is 17.2. The van der Waals surface area contributed by atoms with Crippen molar-refractivity contribution in [1.82, 2.24) is 24.5 Å². The number of hydrogen-bond donors (Lipinski definition) is 1. The molecular formula is C18H20N6O. The van der Waals surface area contributed by atoms with E-state index in [4.69, 9.17) is 0 Å². The molecule has 128 valence electrons. The summed E-state index contributed by atoms with van der Waals surface area (Å²) in [5, 5.41) is 11.6. The standard InChI is InChI=1S/C18H20N6O/c1-2-24-17(13-6-7-13)16(10-21-24)18(25)22-15-9-20-23(12-15)11-14-5-3-4-8-19-14/h3-5,8-10,12-13H,2,6-7,11H2,1H3,(H,22,25). The first kappa shape index (κ1) is 15.6. The molecule has 3 aromatic heterocycles. The topological polar surface area (TPSA) is 77.6 Å². The summed E-state index contributed by atoms with van der Waals surface area (Å²) in [4.78, 5) is 16.9. The number of aryl methyl sites for hydroxylation is 1. The van der Waals surface area contributed by atoms with Gasteiger partial charge in [0.15, 0.2) is 0 Å². The Labute approximate surface area is 145 Å². The highest BCUT2D eigenvalue weighted by atomic mass is 16.1. The van der Waals surface area contributed by atoms with E-state index < -0.39 is 0 Å². The Morgan fingerprint density at radius 3 is 2.88 bits per heavy atom. The molecule has 4 rings (SSSR count). The average molecular weight is 336 g/mol. The van der Waals surface area contributed by atoms with Crippen LogP contribution in [0.3, 0.4) is 0 Å². The highest BCUT2D eigenvalue weighted by molar-refractivity contribution is 6.05. The van der Waals surface area contributed by atoms with Crippen molar-refractivity contribution in [3.05, 3.63) is 59.9 Å². The van der Waals surface area contributed by atoms with E-state index in [1.165, 1.54) is 0 Å². The SMILES string of the molecule is CCn1ncc(C(=O)Nc2cnn(Cc3ccccn3)c2)c1C1CC1. The van der Waals surface area contributed by atoms with Gasteiger partial charge in [0.2, 0.25) is 0 Å². The molecule has 7 heteroatoms. The number of nitrogens with one attached hydrogen (secondary N) is 1. The van der Waals surface area contributed by atoms with Crippen molar-refractivity contribution in [1.29, 1.82) is 0 Å². The van der Waals surface area contributed by atoms with Gasteiger partial charge in [-0.2, -0.15) is 10.2 Å². The van der Waals surface area contributed by atoms with Crippen LogP contribution in [0.25, 0.3) is 0 Å². The monoisotopic (exact) mass is 336 g/mol. The predicted molar refractivity (Wildman–Crippen MR) is 93.4 cm³/mol. The Kier molecular flexibility index (Phi) is 4.05. The first-order chi connectivity index (χ1) is 12.2. The highest BCUT2D eigenvalue weighted by Gasteiger charge is 2.32. The van der Waals surface area contributed by atoms with Crippen LogP contribution in [0.15, 0.2) is 43.0 Å². The van der Waals surface area contributed by atoms with E-state index in [2.05, 4.69) is 20.5 Å². The number of aromatic nitrogens is 5. The van der Waals surface area contributed by atoms with E-state index in [1.807, 2.05) is 36.0 Å². The van der Waals surface area contributed by atoms with Gasteiger partial charge in [0.05, 0.1) is 41.6 Å². The molecule has 1 saturated carbocycles. The summed E-state index contributed by atoms with van der Waals surface area (Å²) in [6, 6.07) is 5.77. The largest absolute Gasteiger partial charge is 0.319 e. The second kappa shape index (κ2) is 6.51. The van der Waals surface area contributed by atoms with Gasteiger partial charge in [-0.25, -0.2) is 0 Å². The number of nitrogens with zero attached hydrogens (tertiary/aromatic N) is 5. The van der Waals surface area contributed by atoms with Crippen molar-refractivity contribution in [2.24, 2.45) is 0 Å². The molecule has 0 spiro atoms. The van der Waals surface area contributed by atoms with Crippen LogP contribution in [0.1, 0.15) is 47.4 Å². The van der Waals surface area contributed by atoms with Gasteiger partial charge in [-0.05, 0) is 31.9 Å². The molecule has 3 aromatic rings. The molecule has 0 aliphatic heterocycles. The van der Waals surface area contributed by atoms with Gasteiger partial charge in [0.25, 0.3) is 5.91 Å². The molecule has 3 heterocycles. The maximum Gasteiger partial charge on any atom is 0.259 e. The smallest absolute Gasteiger partial charge is 0.259 e. The van der Waals surface area contributed by atoms with Gasteiger partial charge in [-0.15, -0.1) is 0 Å². The Hall–Kier alpha value is -2.96. The fourth-order valence-electron chi connectivity index (χ4n) is 2.98. The molecular weight excluding hydrogens is 316 g/mol. The van der Waals surface area contributed by atoms with Crippen molar-refractivity contribution < 1.29 is 4.79 Å². The lowest BCUT2D eigenvalue weighted by molar-refractivity contribution is 0.102. The summed E-state index contributed by atoms with van der Waals surface area (Å²) in [6.45, 7) is 3.39. The van der Waals surface area contributed by atoms with E-state index in [1.54, 1.807) is 23.3 Å². The second-order valence-electron chi connectivity index (χ2n) is 6.24. The summed E-state index contributed by atoms with van der Waals surface area (Å²) >= 11 is 0. The third-order valence-corrected chi connectivity index (χ3v) is 4.33. The van der Waals surface area contributed by atoms with Crippen LogP contribution in [-0.4, -0.2) is 30.5 Å². The molecule has 0 saturated heterocycles. The Morgan fingerprint density at radius 2 is 2.16 bits per heavy atom. The maximum absolute atomic E-state index is 12.7. The normalized spacial score (nSPS) is 13.8. The number of carbonyl (C=O) groups excluding carboxylic acids is 1. The first-order valence-electron chi connectivity index (χ1n) is 8.54. The van der Waals surface area contributed by atoms with Crippen molar-refractivity contribution >= 4 is 11.6 Å². The summed E-state index contributed by atoms with van der Waals surface area (Å²) in [6.07, 6.45) is 9.16. The lowest BCUT2D eigenvalue weighted by Gasteiger charge is -2.06. The van der Waals surface area contributed by atoms with Crippen molar-refractivity contribution in [2.75, 3.05) is 5.32 Å². The van der Waals surface area contributed by atoms with Crippen LogP contribution in [0, 0.1) is 0 Å². The van der Waals surface area contributed by atoms with Crippen molar-refractivity contribution in [3.63, 3.8) is 0 Å². The minimum atomic E-state index is -0.126. The van der Waals surface area contributed by atoms with Crippen molar-refractivity contribution in [2.45, 2.75) is 38.8 Å². The zero-order valence-electron chi connectivity index (χ0n) is 14.1. The highest BCUT2D eigenvalue weighted by Crippen LogP contribution is 2.41. The minimum Gasteiger partial charge on any atom is -0.319 e. The molecule has 0 radical (unpaired) electrons. The summed E-state index contributed by atoms with van der Waals surface area (Å²) in [5.74, 6) is 0.342. The van der Waals surface area contributed by atoms with Crippen LogP contribution < -0.4 is 5.32 Å². The first-order valence-corrected chi connectivity index (χ1v) is 8.54. The number of rotatable bonds is 6. The quantitative estimate of drug-likeness (QED) is 0.751. The van der Waals surface area contributed by atoms with Gasteiger partial charge >= 0.3 is 0 Å².